The van der Waals surface area contributed by atoms with Gasteiger partial charge in [-0.1, -0.05) is 39.0 Å². The Labute approximate surface area is 122 Å². The van der Waals surface area contributed by atoms with Gasteiger partial charge >= 0.3 is 0 Å². The van der Waals surface area contributed by atoms with Crippen LogP contribution >= 0.6 is 11.8 Å². The molecule has 2 heteroatoms. The van der Waals surface area contributed by atoms with Gasteiger partial charge in [0.1, 0.15) is 0 Å². The Morgan fingerprint density at radius 1 is 1.26 bits per heavy atom. The van der Waals surface area contributed by atoms with E-state index >= 15 is 0 Å². The summed E-state index contributed by atoms with van der Waals surface area (Å²) >= 11 is 2.03. The van der Waals surface area contributed by atoms with Crippen LogP contribution in [0.25, 0.3) is 0 Å². The minimum absolute atomic E-state index is 0.434. The SMILES string of the molecule is CCCNCCC(C)(C)CC1CSc2ccccc21. The highest BCUT2D eigenvalue weighted by molar-refractivity contribution is 7.99. The van der Waals surface area contributed by atoms with E-state index in [1.165, 1.54) is 29.9 Å². The fourth-order valence-electron chi connectivity index (χ4n) is 2.90. The van der Waals surface area contributed by atoms with Gasteiger partial charge in [-0.3, -0.25) is 0 Å². The molecule has 0 saturated heterocycles. The number of hydrogen-bond acceptors (Lipinski definition) is 2. The molecular formula is C17H27NS. The van der Waals surface area contributed by atoms with Crippen molar-refractivity contribution in [3.8, 4) is 0 Å². The number of benzene rings is 1. The van der Waals surface area contributed by atoms with Crippen molar-refractivity contribution >= 4 is 11.8 Å². The van der Waals surface area contributed by atoms with Crippen LogP contribution in [0, 0.1) is 5.41 Å². The minimum Gasteiger partial charge on any atom is -0.317 e. The van der Waals surface area contributed by atoms with E-state index in [-0.39, 0.29) is 0 Å². The summed E-state index contributed by atoms with van der Waals surface area (Å²) in [5, 5.41) is 3.53. The Morgan fingerprint density at radius 3 is 2.84 bits per heavy atom. The monoisotopic (exact) mass is 277 g/mol. The zero-order valence-corrected chi connectivity index (χ0v) is 13.4. The largest absolute Gasteiger partial charge is 0.317 e. The second-order valence-corrected chi connectivity index (χ2v) is 7.48. The molecule has 1 aromatic carbocycles. The molecule has 0 aliphatic carbocycles. The van der Waals surface area contributed by atoms with Crippen LogP contribution in [0.1, 0.15) is 51.5 Å². The van der Waals surface area contributed by atoms with Gasteiger partial charge in [-0.25, -0.2) is 0 Å². The summed E-state index contributed by atoms with van der Waals surface area (Å²) in [4.78, 5) is 1.51. The van der Waals surface area contributed by atoms with Crippen molar-refractivity contribution in [2.45, 2.75) is 50.8 Å². The van der Waals surface area contributed by atoms with E-state index in [0.29, 0.717) is 5.41 Å². The van der Waals surface area contributed by atoms with Gasteiger partial charge in [0, 0.05) is 10.6 Å². The van der Waals surface area contributed by atoms with Crippen LogP contribution in [-0.4, -0.2) is 18.8 Å². The molecule has 1 aliphatic rings. The summed E-state index contributed by atoms with van der Waals surface area (Å²) in [6, 6.07) is 8.95. The molecule has 1 N–H and O–H groups in total. The molecule has 19 heavy (non-hydrogen) atoms. The number of rotatable bonds is 7. The predicted molar refractivity (Wildman–Crippen MR) is 86.1 cm³/mol. The maximum absolute atomic E-state index is 3.53. The Kier molecular flexibility index (Phi) is 5.35. The lowest BCUT2D eigenvalue weighted by Gasteiger charge is -2.28. The van der Waals surface area contributed by atoms with E-state index < -0.39 is 0 Å². The van der Waals surface area contributed by atoms with Gasteiger partial charge in [0.05, 0.1) is 0 Å². The van der Waals surface area contributed by atoms with Crippen LogP contribution in [0.4, 0.5) is 0 Å². The van der Waals surface area contributed by atoms with Gasteiger partial charge in [0.25, 0.3) is 0 Å². The molecule has 0 saturated carbocycles. The first-order chi connectivity index (χ1) is 9.12. The first-order valence-electron chi connectivity index (χ1n) is 7.55. The summed E-state index contributed by atoms with van der Waals surface area (Å²) in [5.41, 5.74) is 2.02. The van der Waals surface area contributed by atoms with Gasteiger partial charge in [-0.2, -0.15) is 0 Å². The summed E-state index contributed by atoms with van der Waals surface area (Å²) in [7, 11) is 0. The first kappa shape index (κ1) is 14.9. The van der Waals surface area contributed by atoms with E-state index in [9.17, 15) is 0 Å². The second-order valence-electron chi connectivity index (χ2n) is 6.41. The van der Waals surface area contributed by atoms with Crippen molar-refractivity contribution in [1.82, 2.24) is 5.32 Å². The molecule has 0 fully saturated rings. The highest BCUT2D eigenvalue weighted by Gasteiger charge is 2.29. The molecule has 0 amide bonds. The molecule has 1 heterocycles. The van der Waals surface area contributed by atoms with Gasteiger partial charge in [-0.05, 0) is 55.3 Å². The van der Waals surface area contributed by atoms with Crippen LogP contribution in [0.15, 0.2) is 29.2 Å². The standard InChI is InChI=1S/C17H27NS/c1-4-10-18-11-9-17(2,3)12-14-13-19-16-8-6-5-7-15(14)16/h5-8,14,18H,4,9-13H2,1-3H3. The average molecular weight is 277 g/mol. The fourth-order valence-corrected chi connectivity index (χ4v) is 4.15. The lowest BCUT2D eigenvalue weighted by Crippen LogP contribution is -2.24. The molecule has 0 bridgehead atoms. The van der Waals surface area contributed by atoms with Crippen molar-refractivity contribution in [1.29, 1.82) is 0 Å². The van der Waals surface area contributed by atoms with Crippen molar-refractivity contribution in [3.05, 3.63) is 29.8 Å². The van der Waals surface area contributed by atoms with E-state index in [1.807, 2.05) is 11.8 Å². The zero-order chi connectivity index (χ0) is 13.7. The molecule has 1 aromatic rings. The molecule has 0 radical (unpaired) electrons. The maximum Gasteiger partial charge on any atom is 0.0107 e. The minimum atomic E-state index is 0.434. The molecule has 1 nitrogen and oxygen atoms in total. The zero-order valence-electron chi connectivity index (χ0n) is 12.5. The number of nitrogens with one attached hydrogen (secondary N) is 1. The molecule has 106 valence electrons. The molecule has 1 unspecified atom stereocenters. The highest BCUT2D eigenvalue weighted by Crippen LogP contribution is 2.45. The van der Waals surface area contributed by atoms with Crippen LogP contribution in [-0.2, 0) is 0 Å². The third kappa shape index (κ3) is 4.25. The Bertz CT molecular complexity index is 400. The summed E-state index contributed by atoms with van der Waals surface area (Å²) in [6.07, 6.45) is 3.81. The van der Waals surface area contributed by atoms with Gasteiger partial charge in [0.2, 0.25) is 0 Å². The predicted octanol–water partition coefficient (Wildman–Crippen LogP) is 4.68. The Morgan fingerprint density at radius 2 is 2.05 bits per heavy atom. The van der Waals surface area contributed by atoms with E-state index in [0.717, 1.165) is 19.0 Å². The maximum atomic E-state index is 3.53. The van der Waals surface area contributed by atoms with Crippen LogP contribution in [0.3, 0.4) is 0 Å². The third-order valence-electron chi connectivity index (χ3n) is 4.00. The van der Waals surface area contributed by atoms with E-state index in [1.54, 1.807) is 5.56 Å². The topological polar surface area (TPSA) is 12.0 Å². The highest BCUT2D eigenvalue weighted by atomic mass is 32.2. The molecule has 2 rings (SSSR count). The average Bonchev–Trinajstić information content (AvgIpc) is 2.78. The summed E-state index contributed by atoms with van der Waals surface area (Å²) in [6.45, 7) is 9.38. The second kappa shape index (κ2) is 6.81. The molecule has 0 aromatic heterocycles. The Hall–Kier alpha value is -0.470. The van der Waals surface area contributed by atoms with Crippen LogP contribution < -0.4 is 5.32 Å². The lowest BCUT2D eigenvalue weighted by atomic mass is 9.78. The first-order valence-corrected chi connectivity index (χ1v) is 8.53. The smallest absolute Gasteiger partial charge is 0.0107 e. The Balaban J connectivity index is 1.87. The normalized spacial score (nSPS) is 18.6. The van der Waals surface area contributed by atoms with Crippen LogP contribution in [0.5, 0.6) is 0 Å². The van der Waals surface area contributed by atoms with Crippen molar-refractivity contribution < 1.29 is 0 Å². The fraction of sp³-hybridized carbons (Fsp3) is 0.647. The summed E-state index contributed by atoms with van der Waals surface area (Å²) < 4.78 is 0. The van der Waals surface area contributed by atoms with E-state index in [2.05, 4.69) is 50.4 Å². The van der Waals surface area contributed by atoms with Crippen molar-refractivity contribution in [2.24, 2.45) is 5.41 Å². The number of fused-ring (bicyclic) bond motifs is 1. The summed E-state index contributed by atoms with van der Waals surface area (Å²) in [5.74, 6) is 2.02. The van der Waals surface area contributed by atoms with Crippen molar-refractivity contribution in [3.63, 3.8) is 0 Å². The molecule has 1 atom stereocenters. The van der Waals surface area contributed by atoms with E-state index in [4.69, 9.17) is 0 Å². The molecular weight excluding hydrogens is 250 g/mol. The van der Waals surface area contributed by atoms with Gasteiger partial charge in [0.15, 0.2) is 0 Å². The molecule has 0 spiro atoms. The number of hydrogen-bond donors (Lipinski definition) is 1. The van der Waals surface area contributed by atoms with Gasteiger partial charge < -0.3 is 5.32 Å². The third-order valence-corrected chi connectivity index (χ3v) is 5.25. The molecule has 1 aliphatic heterocycles. The number of thioether (sulfide) groups is 1. The quantitative estimate of drug-likeness (QED) is 0.726. The lowest BCUT2D eigenvalue weighted by molar-refractivity contribution is 0.284. The van der Waals surface area contributed by atoms with Crippen LogP contribution in [0.2, 0.25) is 0 Å². The van der Waals surface area contributed by atoms with Gasteiger partial charge in [-0.15, -0.1) is 11.8 Å². The van der Waals surface area contributed by atoms with Crippen molar-refractivity contribution in [2.75, 3.05) is 18.8 Å².